The summed E-state index contributed by atoms with van der Waals surface area (Å²) in [6, 6.07) is 0. The van der Waals surface area contributed by atoms with Gasteiger partial charge in [0.1, 0.15) is 13.2 Å². The second kappa shape index (κ2) is 67.4. The summed E-state index contributed by atoms with van der Waals surface area (Å²) >= 11 is 0. The maximum atomic E-state index is 12.9. The highest BCUT2D eigenvalue weighted by atomic mass is 16.6. The zero-order valence-corrected chi connectivity index (χ0v) is 53.0. The Morgan fingerprint density at radius 3 is 0.705 bits per heavy atom. The van der Waals surface area contributed by atoms with E-state index in [2.05, 4.69) is 45.1 Å². The molecule has 0 heterocycles. The minimum atomic E-state index is -0.766. The molecule has 0 N–H and O–H groups in total. The van der Waals surface area contributed by atoms with E-state index in [9.17, 15) is 14.4 Å². The van der Waals surface area contributed by atoms with Crippen LogP contribution in [0.25, 0.3) is 0 Å². The minimum absolute atomic E-state index is 0.0632. The van der Waals surface area contributed by atoms with E-state index >= 15 is 0 Å². The van der Waals surface area contributed by atoms with Crippen LogP contribution in [0, 0.1) is 0 Å². The van der Waals surface area contributed by atoms with Crippen molar-refractivity contribution in [2.24, 2.45) is 0 Å². The van der Waals surface area contributed by atoms with Gasteiger partial charge >= 0.3 is 17.9 Å². The first-order chi connectivity index (χ1) is 38.5. The number of esters is 3. The van der Waals surface area contributed by atoms with Crippen LogP contribution in [0.3, 0.4) is 0 Å². The summed E-state index contributed by atoms with van der Waals surface area (Å²) in [5, 5.41) is 0. The number of unbranched alkanes of at least 4 members (excludes halogenated alkanes) is 51. The van der Waals surface area contributed by atoms with Crippen molar-refractivity contribution in [3.05, 3.63) is 24.3 Å². The van der Waals surface area contributed by atoms with Crippen LogP contribution in [0.2, 0.25) is 0 Å². The highest BCUT2D eigenvalue weighted by Crippen LogP contribution is 2.19. The third-order valence-electron chi connectivity index (χ3n) is 16.2. The van der Waals surface area contributed by atoms with E-state index in [1.165, 1.54) is 295 Å². The Kier molecular flexibility index (Phi) is 65.6. The number of carbonyl (C=O) groups excluding carboxylic acids is 3. The summed E-state index contributed by atoms with van der Waals surface area (Å²) in [6.45, 7) is 6.71. The van der Waals surface area contributed by atoms with Gasteiger partial charge in [-0.15, -0.1) is 0 Å². The van der Waals surface area contributed by atoms with Crippen LogP contribution in [0.1, 0.15) is 400 Å². The van der Waals surface area contributed by atoms with Crippen LogP contribution in [0.4, 0.5) is 0 Å². The molecule has 0 aromatic heterocycles. The molecule has 460 valence electrons. The molecule has 0 spiro atoms. The van der Waals surface area contributed by atoms with E-state index < -0.39 is 6.10 Å². The lowest BCUT2D eigenvalue weighted by atomic mass is 10.0. The van der Waals surface area contributed by atoms with Gasteiger partial charge in [-0.2, -0.15) is 0 Å². The maximum Gasteiger partial charge on any atom is 0.306 e. The second-order valence-electron chi connectivity index (χ2n) is 24.2. The van der Waals surface area contributed by atoms with E-state index in [1.807, 2.05) is 0 Å². The Balaban J connectivity index is 4.17. The number of hydrogen-bond donors (Lipinski definition) is 0. The molecular weight excluding hydrogens is 961 g/mol. The molecule has 0 aromatic rings. The van der Waals surface area contributed by atoms with Crippen molar-refractivity contribution >= 4 is 17.9 Å². The lowest BCUT2D eigenvalue weighted by Gasteiger charge is -2.18. The zero-order chi connectivity index (χ0) is 56.4. The molecule has 0 rings (SSSR count). The molecule has 0 saturated carbocycles. The molecular formula is C72H136O6. The first-order valence-corrected chi connectivity index (χ1v) is 35.3. The molecule has 1 unspecified atom stereocenters. The summed E-state index contributed by atoms with van der Waals surface area (Å²) in [5.74, 6) is -0.829. The average Bonchev–Trinajstić information content (AvgIpc) is 3.44. The van der Waals surface area contributed by atoms with Gasteiger partial charge in [0.25, 0.3) is 0 Å². The fourth-order valence-electron chi connectivity index (χ4n) is 10.9. The van der Waals surface area contributed by atoms with Crippen molar-refractivity contribution in [2.45, 2.75) is 406 Å². The fraction of sp³-hybridized carbons (Fsp3) is 0.903. The zero-order valence-electron chi connectivity index (χ0n) is 53.0. The van der Waals surface area contributed by atoms with Gasteiger partial charge < -0.3 is 14.2 Å². The molecule has 0 aliphatic rings. The summed E-state index contributed by atoms with van der Waals surface area (Å²) in [6.07, 6.45) is 82.1. The third-order valence-corrected chi connectivity index (χ3v) is 16.2. The molecule has 6 heteroatoms. The van der Waals surface area contributed by atoms with Gasteiger partial charge in [-0.3, -0.25) is 14.4 Å². The van der Waals surface area contributed by atoms with Crippen molar-refractivity contribution in [1.29, 1.82) is 0 Å². The molecule has 0 amide bonds. The Hall–Kier alpha value is -2.11. The van der Waals surface area contributed by atoms with Gasteiger partial charge in [-0.25, -0.2) is 0 Å². The normalized spacial score (nSPS) is 12.1. The highest BCUT2D eigenvalue weighted by molar-refractivity contribution is 5.71. The van der Waals surface area contributed by atoms with Gasteiger partial charge in [-0.05, 0) is 51.4 Å². The van der Waals surface area contributed by atoms with Crippen LogP contribution < -0.4 is 0 Å². The SMILES string of the molecule is CCCCCCC/C=C\C/C=C\CCCCCCCCCCCCCCCCCCCC(=O)OCC(COC(=O)CCCCCCCCCCCCCCCC)OC(=O)CCCCCCCCCCCCCCCCCCC. The minimum Gasteiger partial charge on any atom is -0.462 e. The van der Waals surface area contributed by atoms with E-state index in [-0.39, 0.29) is 31.1 Å². The van der Waals surface area contributed by atoms with Crippen LogP contribution in [0.15, 0.2) is 24.3 Å². The predicted octanol–water partition coefficient (Wildman–Crippen LogP) is 24.2. The largest absolute Gasteiger partial charge is 0.462 e. The van der Waals surface area contributed by atoms with E-state index in [1.54, 1.807) is 0 Å². The molecule has 0 radical (unpaired) electrons. The van der Waals surface area contributed by atoms with Crippen molar-refractivity contribution in [1.82, 2.24) is 0 Å². The molecule has 0 aliphatic heterocycles. The van der Waals surface area contributed by atoms with Gasteiger partial charge in [-0.1, -0.05) is 353 Å². The van der Waals surface area contributed by atoms with Crippen molar-refractivity contribution < 1.29 is 28.6 Å². The maximum absolute atomic E-state index is 12.9. The average molecular weight is 1100 g/mol. The van der Waals surface area contributed by atoms with Crippen LogP contribution >= 0.6 is 0 Å². The topological polar surface area (TPSA) is 78.9 Å². The van der Waals surface area contributed by atoms with Crippen LogP contribution in [-0.2, 0) is 28.6 Å². The lowest BCUT2D eigenvalue weighted by molar-refractivity contribution is -0.167. The molecule has 0 aromatic carbocycles. The van der Waals surface area contributed by atoms with Crippen LogP contribution in [0.5, 0.6) is 0 Å². The molecule has 1 atom stereocenters. The van der Waals surface area contributed by atoms with E-state index in [4.69, 9.17) is 14.2 Å². The quantitative estimate of drug-likeness (QED) is 0.0261. The molecule has 0 saturated heterocycles. The van der Waals surface area contributed by atoms with Gasteiger partial charge in [0.2, 0.25) is 0 Å². The Morgan fingerprint density at radius 1 is 0.256 bits per heavy atom. The molecule has 78 heavy (non-hydrogen) atoms. The summed E-state index contributed by atoms with van der Waals surface area (Å²) in [5.41, 5.74) is 0. The molecule has 0 aliphatic carbocycles. The van der Waals surface area contributed by atoms with Gasteiger partial charge in [0.05, 0.1) is 0 Å². The monoisotopic (exact) mass is 1100 g/mol. The lowest BCUT2D eigenvalue weighted by Crippen LogP contribution is -2.30. The Morgan fingerprint density at radius 2 is 0.462 bits per heavy atom. The van der Waals surface area contributed by atoms with Crippen molar-refractivity contribution in [2.75, 3.05) is 13.2 Å². The van der Waals surface area contributed by atoms with Crippen molar-refractivity contribution in [3.8, 4) is 0 Å². The second-order valence-corrected chi connectivity index (χ2v) is 24.2. The predicted molar refractivity (Wildman–Crippen MR) is 340 cm³/mol. The van der Waals surface area contributed by atoms with Crippen LogP contribution in [-0.4, -0.2) is 37.2 Å². The smallest absolute Gasteiger partial charge is 0.306 e. The number of hydrogen-bond acceptors (Lipinski definition) is 6. The summed E-state index contributed by atoms with van der Waals surface area (Å²) in [4.78, 5) is 38.4. The fourth-order valence-corrected chi connectivity index (χ4v) is 10.9. The summed E-state index contributed by atoms with van der Waals surface area (Å²) in [7, 11) is 0. The molecule has 0 bridgehead atoms. The standard InChI is InChI=1S/C72H136O6/c1-4-7-10-13-16-19-22-25-28-30-31-32-33-34-35-36-37-38-39-40-41-43-44-47-50-53-56-59-62-65-71(74)77-68-69(67-76-70(73)64-61-58-55-52-49-46-27-24-21-18-15-12-9-6-3)78-72(75)66-63-60-57-54-51-48-45-42-29-26-23-20-17-14-11-8-5-2/h22,25,30-31,69H,4-21,23-24,26-29,32-68H2,1-3H3/b25-22-,31-30-. The highest BCUT2D eigenvalue weighted by Gasteiger charge is 2.19. The number of allylic oxidation sites excluding steroid dienone is 4. The Bertz CT molecular complexity index is 1260. The van der Waals surface area contributed by atoms with Gasteiger partial charge in [0.15, 0.2) is 6.10 Å². The summed E-state index contributed by atoms with van der Waals surface area (Å²) < 4.78 is 17.0. The Labute approximate surface area is 487 Å². The van der Waals surface area contributed by atoms with Gasteiger partial charge in [0, 0.05) is 19.3 Å². The molecule has 0 fully saturated rings. The van der Waals surface area contributed by atoms with E-state index in [0.29, 0.717) is 19.3 Å². The number of carbonyl (C=O) groups is 3. The van der Waals surface area contributed by atoms with Crippen molar-refractivity contribution in [3.63, 3.8) is 0 Å². The first-order valence-electron chi connectivity index (χ1n) is 35.3. The number of ether oxygens (including phenoxy) is 3. The van der Waals surface area contributed by atoms with E-state index in [0.717, 1.165) is 64.2 Å². The first kappa shape index (κ1) is 75.9. The number of rotatable bonds is 66. The third kappa shape index (κ3) is 64.7. The molecule has 6 nitrogen and oxygen atoms in total.